The van der Waals surface area contributed by atoms with Gasteiger partial charge in [0, 0.05) is 19.8 Å². The van der Waals surface area contributed by atoms with Crippen LogP contribution in [0.25, 0.3) is 6.08 Å². The summed E-state index contributed by atoms with van der Waals surface area (Å²) in [4.78, 5) is 27.5. The normalized spacial score (nSPS) is 11.3. The first kappa shape index (κ1) is 23.6. The molecule has 0 saturated carbocycles. The van der Waals surface area contributed by atoms with Crippen molar-refractivity contribution in [2.75, 3.05) is 19.0 Å². The van der Waals surface area contributed by atoms with Crippen molar-refractivity contribution in [3.63, 3.8) is 0 Å². The molecule has 0 unspecified atom stereocenters. The Hall–Kier alpha value is -4.10. The van der Waals surface area contributed by atoms with Gasteiger partial charge in [0.2, 0.25) is 0 Å². The van der Waals surface area contributed by atoms with E-state index in [9.17, 15) is 14.7 Å². The summed E-state index contributed by atoms with van der Waals surface area (Å²) >= 11 is 6.13. The van der Waals surface area contributed by atoms with Gasteiger partial charge in [-0.25, -0.2) is 5.43 Å². The number of hydrogen-bond donors (Lipinski definition) is 3. The average molecular weight is 463 g/mol. The van der Waals surface area contributed by atoms with Gasteiger partial charge in [0.1, 0.15) is 11.4 Å². The Morgan fingerprint density at radius 3 is 2.21 bits per heavy atom. The van der Waals surface area contributed by atoms with E-state index in [-0.39, 0.29) is 22.0 Å². The van der Waals surface area contributed by atoms with Crippen molar-refractivity contribution >= 4 is 41.4 Å². The van der Waals surface area contributed by atoms with E-state index in [1.54, 1.807) is 42.5 Å². The maximum absolute atomic E-state index is 12.8. The zero-order valence-corrected chi connectivity index (χ0v) is 18.9. The van der Waals surface area contributed by atoms with Gasteiger partial charge < -0.3 is 15.3 Å². The topological polar surface area (TPSA) is 94.0 Å². The number of halogens is 1. The predicted octanol–water partition coefficient (Wildman–Crippen LogP) is 4.03. The van der Waals surface area contributed by atoms with E-state index in [4.69, 9.17) is 11.6 Å². The van der Waals surface area contributed by atoms with Crippen molar-refractivity contribution in [2.45, 2.75) is 0 Å². The van der Waals surface area contributed by atoms with Crippen LogP contribution in [0.2, 0.25) is 5.02 Å². The highest BCUT2D eigenvalue weighted by Crippen LogP contribution is 2.17. The molecule has 8 heteroatoms. The zero-order valence-electron chi connectivity index (χ0n) is 18.1. The standard InChI is InChI=1S/C25H23ClN4O3/c1-30(2)19-11-7-17(8-12-19)15-23(28-24(32)21-5-3-4-6-22(21)26)25(33)29-27-16-18-9-13-20(31)14-10-18/h3-16,31H,1-2H3,(H,28,32)(H,29,33)/b23-15+,27-16?. The summed E-state index contributed by atoms with van der Waals surface area (Å²) in [6.45, 7) is 0. The number of hydrogen-bond acceptors (Lipinski definition) is 5. The fourth-order valence-electron chi connectivity index (χ4n) is 2.81. The minimum atomic E-state index is -0.609. The second-order valence-electron chi connectivity index (χ2n) is 7.27. The van der Waals surface area contributed by atoms with Crippen molar-refractivity contribution < 1.29 is 14.7 Å². The first-order valence-corrected chi connectivity index (χ1v) is 10.4. The molecule has 0 aliphatic rings. The molecular weight excluding hydrogens is 440 g/mol. The molecule has 2 amide bonds. The van der Waals surface area contributed by atoms with Crippen molar-refractivity contribution in [1.82, 2.24) is 10.7 Å². The number of phenolic OH excluding ortho intramolecular Hbond substituents is 1. The minimum absolute atomic E-state index is 0.000351. The van der Waals surface area contributed by atoms with Gasteiger partial charge in [-0.3, -0.25) is 9.59 Å². The Morgan fingerprint density at radius 1 is 0.939 bits per heavy atom. The molecule has 0 aromatic heterocycles. The summed E-state index contributed by atoms with van der Waals surface area (Å²) in [5, 5.41) is 16.2. The van der Waals surface area contributed by atoms with Crippen LogP contribution in [0.4, 0.5) is 5.69 Å². The Balaban J connectivity index is 1.83. The van der Waals surface area contributed by atoms with Crippen LogP contribution in [0.5, 0.6) is 5.75 Å². The Bertz CT molecular complexity index is 1190. The fourth-order valence-corrected chi connectivity index (χ4v) is 3.04. The summed E-state index contributed by atoms with van der Waals surface area (Å²) in [5.74, 6) is -1.000. The summed E-state index contributed by atoms with van der Waals surface area (Å²) in [6, 6.07) is 20.4. The quantitative estimate of drug-likeness (QED) is 0.280. The highest BCUT2D eigenvalue weighted by molar-refractivity contribution is 6.34. The summed E-state index contributed by atoms with van der Waals surface area (Å²) in [5.41, 5.74) is 5.05. The van der Waals surface area contributed by atoms with Gasteiger partial charge in [-0.15, -0.1) is 0 Å². The lowest BCUT2D eigenvalue weighted by Gasteiger charge is -2.13. The van der Waals surface area contributed by atoms with Crippen LogP contribution < -0.4 is 15.6 Å². The van der Waals surface area contributed by atoms with Crippen LogP contribution in [0.15, 0.2) is 83.6 Å². The molecule has 168 valence electrons. The van der Waals surface area contributed by atoms with Crippen LogP contribution in [0, 0.1) is 0 Å². The molecule has 3 aromatic carbocycles. The average Bonchev–Trinajstić information content (AvgIpc) is 2.80. The molecule has 0 aliphatic carbocycles. The second kappa shape index (κ2) is 11.0. The molecule has 0 saturated heterocycles. The van der Waals surface area contributed by atoms with Crippen molar-refractivity contribution in [2.24, 2.45) is 5.10 Å². The number of carbonyl (C=O) groups excluding carboxylic acids is 2. The lowest BCUT2D eigenvalue weighted by molar-refractivity contribution is -0.117. The highest BCUT2D eigenvalue weighted by Gasteiger charge is 2.16. The molecule has 0 radical (unpaired) electrons. The number of rotatable bonds is 7. The molecule has 7 nitrogen and oxygen atoms in total. The summed E-state index contributed by atoms with van der Waals surface area (Å²) < 4.78 is 0. The first-order chi connectivity index (χ1) is 15.8. The van der Waals surface area contributed by atoms with Gasteiger partial charge in [-0.05, 0) is 65.7 Å². The third-order valence-corrected chi connectivity index (χ3v) is 4.93. The molecule has 0 spiro atoms. The Kier molecular flexibility index (Phi) is 7.83. The van der Waals surface area contributed by atoms with Gasteiger partial charge in [0.15, 0.2) is 0 Å². The monoisotopic (exact) mass is 462 g/mol. The van der Waals surface area contributed by atoms with Crippen LogP contribution in [-0.4, -0.2) is 37.2 Å². The van der Waals surface area contributed by atoms with E-state index in [2.05, 4.69) is 15.8 Å². The molecule has 0 heterocycles. The minimum Gasteiger partial charge on any atom is -0.508 e. The molecule has 0 bridgehead atoms. The van der Waals surface area contributed by atoms with Crippen molar-refractivity contribution in [3.8, 4) is 5.75 Å². The fraction of sp³-hybridized carbons (Fsp3) is 0.0800. The van der Waals surface area contributed by atoms with Gasteiger partial charge in [-0.1, -0.05) is 35.9 Å². The Labute approximate surface area is 197 Å². The molecule has 0 atom stereocenters. The van der Waals surface area contributed by atoms with Gasteiger partial charge in [0.05, 0.1) is 16.8 Å². The summed E-state index contributed by atoms with van der Waals surface area (Å²) in [7, 11) is 3.86. The number of anilines is 1. The number of aromatic hydroxyl groups is 1. The molecular formula is C25H23ClN4O3. The molecule has 0 fully saturated rings. The zero-order chi connectivity index (χ0) is 23.8. The molecule has 0 aliphatic heterocycles. The summed E-state index contributed by atoms with van der Waals surface area (Å²) in [6.07, 6.45) is 2.98. The molecule has 33 heavy (non-hydrogen) atoms. The number of amides is 2. The van der Waals surface area contributed by atoms with Crippen molar-refractivity contribution in [3.05, 3.63) is 100 Å². The number of benzene rings is 3. The van der Waals surface area contributed by atoms with E-state index >= 15 is 0 Å². The van der Waals surface area contributed by atoms with Gasteiger partial charge in [-0.2, -0.15) is 5.10 Å². The van der Waals surface area contributed by atoms with Crippen LogP contribution >= 0.6 is 11.6 Å². The number of nitrogens with zero attached hydrogens (tertiary/aromatic N) is 2. The van der Waals surface area contributed by atoms with E-state index in [1.807, 2.05) is 43.3 Å². The van der Waals surface area contributed by atoms with Gasteiger partial charge >= 0.3 is 0 Å². The number of carbonyl (C=O) groups is 2. The third kappa shape index (κ3) is 6.69. The van der Waals surface area contributed by atoms with E-state index in [0.717, 1.165) is 5.69 Å². The van der Waals surface area contributed by atoms with Gasteiger partial charge in [0.25, 0.3) is 11.8 Å². The molecule has 3 aromatic rings. The van der Waals surface area contributed by atoms with E-state index < -0.39 is 11.8 Å². The van der Waals surface area contributed by atoms with Crippen LogP contribution in [-0.2, 0) is 4.79 Å². The van der Waals surface area contributed by atoms with Crippen LogP contribution in [0.3, 0.4) is 0 Å². The first-order valence-electron chi connectivity index (χ1n) is 10.0. The smallest absolute Gasteiger partial charge is 0.287 e. The maximum Gasteiger partial charge on any atom is 0.287 e. The third-order valence-electron chi connectivity index (χ3n) is 4.60. The molecule has 3 rings (SSSR count). The predicted molar refractivity (Wildman–Crippen MR) is 132 cm³/mol. The Morgan fingerprint density at radius 2 is 1.58 bits per heavy atom. The SMILES string of the molecule is CN(C)c1ccc(/C=C(/NC(=O)c2ccccc2Cl)C(=O)NN=Cc2ccc(O)cc2)cc1. The largest absolute Gasteiger partial charge is 0.508 e. The maximum atomic E-state index is 12.8. The highest BCUT2D eigenvalue weighted by atomic mass is 35.5. The van der Waals surface area contributed by atoms with E-state index in [1.165, 1.54) is 18.3 Å². The number of hydrazone groups is 1. The van der Waals surface area contributed by atoms with Crippen LogP contribution in [0.1, 0.15) is 21.5 Å². The van der Waals surface area contributed by atoms with Crippen molar-refractivity contribution in [1.29, 1.82) is 0 Å². The number of phenols is 1. The number of nitrogens with one attached hydrogen (secondary N) is 2. The molecule has 3 N–H and O–H groups in total. The second-order valence-corrected chi connectivity index (χ2v) is 7.68. The lowest BCUT2D eigenvalue weighted by Crippen LogP contribution is -2.33. The van der Waals surface area contributed by atoms with E-state index in [0.29, 0.717) is 11.1 Å². The lowest BCUT2D eigenvalue weighted by atomic mass is 10.1.